The fourth-order valence-corrected chi connectivity index (χ4v) is 3.92. The van der Waals surface area contributed by atoms with Crippen molar-refractivity contribution in [3.63, 3.8) is 0 Å². The molecule has 2 fully saturated rings. The zero-order valence-corrected chi connectivity index (χ0v) is 20.4. The second-order valence-corrected chi connectivity index (χ2v) is 8.95. The number of nitrogens with zero attached hydrogens (tertiary/aromatic N) is 4. The maximum atomic E-state index is 14.5. The lowest BCUT2D eigenvalue weighted by Gasteiger charge is -2.32. The van der Waals surface area contributed by atoms with Crippen LogP contribution in [0.4, 0.5) is 10.3 Å². The quantitative estimate of drug-likeness (QED) is 0.450. The van der Waals surface area contributed by atoms with E-state index in [9.17, 15) is 14.3 Å². The van der Waals surface area contributed by atoms with Crippen LogP contribution in [-0.2, 0) is 25.7 Å². The van der Waals surface area contributed by atoms with E-state index in [0.717, 1.165) is 25.0 Å². The van der Waals surface area contributed by atoms with Crippen molar-refractivity contribution in [2.45, 2.75) is 39.1 Å². The van der Waals surface area contributed by atoms with Crippen LogP contribution in [-0.4, -0.2) is 72.4 Å². The van der Waals surface area contributed by atoms with Crippen molar-refractivity contribution in [2.75, 3.05) is 44.4 Å². The van der Waals surface area contributed by atoms with Gasteiger partial charge in [-0.1, -0.05) is 23.4 Å². The monoisotopic (exact) mass is 501 g/mol. The van der Waals surface area contributed by atoms with Crippen LogP contribution in [0.2, 0.25) is 0 Å². The van der Waals surface area contributed by atoms with Gasteiger partial charge in [-0.05, 0) is 19.3 Å². The van der Waals surface area contributed by atoms with E-state index in [4.69, 9.17) is 14.3 Å². The zero-order chi connectivity index (χ0) is 25.3. The maximum Gasteiger partial charge on any atom is 0.225 e. The molecule has 2 saturated heterocycles. The minimum Gasteiger partial charge on any atom is -0.395 e. The Balaban J connectivity index is 1.25. The number of carbonyl (C=O) groups is 1. The number of amides is 1. The molecule has 0 spiro atoms. The van der Waals surface area contributed by atoms with Gasteiger partial charge in [-0.15, -0.1) is 0 Å². The van der Waals surface area contributed by atoms with Crippen molar-refractivity contribution in [1.82, 2.24) is 15.3 Å². The number of benzene rings is 1. The molecule has 1 aromatic carbocycles. The SMILES string of the molecule is CC(=O)NCC(CON=C1CN(c2ncc(-c3cccc(CO)c3F)cn2)C1)COC1CCCCO1. The molecule has 2 unspecified atom stereocenters. The van der Waals surface area contributed by atoms with Gasteiger partial charge in [-0.25, -0.2) is 14.4 Å². The van der Waals surface area contributed by atoms with Gasteiger partial charge in [-0.2, -0.15) is 0 Å². The Morgan fingerprint density at radius 3 is 2.81 bits per heavy atom. The van der Waals surface area contributed by atoms with Crippen molar-refractivity contribution in [2.24, 2.45) is 11.1 Å². The third-order valence-electron chi connectivity index (χ3n) is 6.03. The average Bonchev–Trinajstić information content (AvgIpc) is 2.87. The number of halogens is 1. The van der Waals surface area contributed by atoms with Gasteiger partial charge in [0.05, 0.1) is 32.0 Å². The highest BCUT2D eigenvalue weighted by molar-refractivity contribution is 5.98. The summed E-state index contributed by atoms with van der Waals surface area (Å²) >= 11 is 0. The fourth-order valence-electron chi connectivity index (χ4n) is 3.92. The van der Waals surface area contributed by atoms with E-state index >= 15 is 0 Å². The van der Waals surface area contributed by atoms with Gasteiger partial charge < -0.3 is 29.6 Å². The van der Waals surface area contributed by atoms with Gasteiger partial charge >= 0.3 is 0 Å². The number of nitrogens with one attached hydrogen (secondary N) is 1. The number of carbonyl (C=O) groups excluding carboxylic acids is 1. The topological polar surface area (TPSA) is 118 Å². The molecule has 1 aromatic heterocycles. The van der Waals surface area contributed by atoms with Gasteiger partial charge in [0.1, 0.15) is 12.4 Å². The smallest absolute Gasteiger partial charge is 0.225 e. The van der Waals surface area contributed by atoms with E-state index in [-0.39, 0.29) is 30.3 Å². The molecule has 0 aliphatic carbocycles. The van der Waals surface area contributed by atoms with Gasteiger partial charge in [0, 0.05) is 55.1 Å². The van der Waals surface area contributed by atoms with Crippen LogP contribution in [0, 0.1) is 11.7 Å². The molecule has 2 atom stereocenters. The van der Waals surface area contributed by atoms with Crippen molar-refractivity contribution in [1.29, 1.82) is 0 Å². The summed E-state index contributed by atoms with van der Waals surface area (Å²) < 4.78 is 25.9. The third kappa shape index (κ3) is 6.96. The summed E-state index contributed by atoms with van der Waals surface area (Å²) in [6, 6.07) is 4.86. The maximum absolute atomic E-state index is 14.5. The summed E-state index contributed by atoms with van der Waals surface area (Å²) in [5.74, 6) is -0.119. The minimum absolute atomic E-state index is 0.0550. The van der Waals surface area contributed by atoms with Gasteiger partial charge in [-0.3, -0.25) is 4.79 Å². The number of ether oxygens (including phenoxy) is 2. The summed E-state index contributed by atoms with van der Waals surface area (Å²) in [4.78, 5) is 27.5. The van der Waals surface area contributed by atoms with Crippen LogP contribution in [0.25, 0.3) is 11.1 Å². The Bertz CT molecular complexity index is 1040. The first-order chi connectivity index (χ1) is 17.5. The molecule has 2 aliphatic heterocycles. The first-order valence-corrected chi connectivity index (χ1v) is 12.1. The number of hydrogen-bond acceptors (Lipinski definition) is 9. The van der Waals surface area contributed by atoms with E-state index in [0.29, 0.717) is 56.5 Å². The van der Waals surface area contributed by atoms with Crippen molar-refractivity contribution >= 4 is 17.6 Å². The number of oxime groups is 1. The highest BCUT2D eigenvalue weighted by atomic mass is 19.1. The molecule has 2 aliphatic rings. The molecular formula is C25H32FN5O5. The lowest BCUT2D eigenvalue weighted by molar-refractivity contribution is -0.171. The molecule has 1 amide bonds. The molecule has 0 saturated carbocycles. The number of aromatic nitrogens is 2. The van der Waals surface area contributed by atoms with E-state index < -0.39 is 5.82 Å². The van der Waals surface area contributed by atoms with E-state index in [1.54, 1.807) is 24.5 Å². The van der Waals surface area contributed by atoms with Crippen LogP contribution < -0.4 is 10.2 Å². The standard InChI is InChI=1S/C25H32FN5O5/c1-17(33)27-9-18(15-35-23-7-2-3-8-34-23)16-36-30-21-12-31(13-21)25-28-10-20(11-29-25)22-6-4-5-19(14-32)24(22)26/h4-6,10-11,18,23,32H,2-3,7-9,12-16H2,1H3,(H,27,33). The van der Waals surface area contributed by atoms with Crippen LogP contribution in [0.15, 0.2) is 35.7 Å². The molecule has 3 heterocycles. The number of anilines is 1. The van der Waals surface area contributed by atoms with Crippen LogP contribution >= 0.6 is 0 Å². The van der Waals surface area contributed by atoms with E-state index in [2.05, 4.69) is 20.4 Å². The molecule has 2 aromatic rings. The number of hydrogen-bond donors (Lipinski definition) is 2. The average molecular weight is 502 g/mol. The van der Waals surface area contributed by atoms with Gasteiger partial charge in [0.25, 0.3) is 0 Å². The molecule has 0 bridgehead atoms. The van der Waals surface area contributed by atoms with Crippen LogP contribution in [0.5, 0.6) is 0 Å². The van der Waals surface area contributed by atoms with E-state index in [1.165, 1.54) is 13.0 Å². The van der Waals surface area contributed by atoms with Crippen LogP contribution in [0.3, 0.4) is 0 Å². The summed E-state index contributed by atoms with van der Waals surface area (Å²) in [5.41, 5.74) is 1.96. The predicted molar refractivity (Wildman–Crippen MR) is 131 cm³/mol. The minimum atomic E-state index is -0.472. The Morgan fingerprint density at radius 1 is 1.31 bits per heavy atom. The second-order valence-electron chi connectivity index (χ2n) is 8.95. The summed E-state index contributed by atoms with van der Waals surface area (Å²) in [5, 5.41) is 16.3. The van der Waals surface area contributed by atoms with Crippen molar-refractivity contribution in [3.8, 4) is 11.1 Å². The number of aliphatic hydroxyl groups is 1. The molecule has 4 rings (SSSR count). The summed E-state index contributed by atoms with van der Waals surface area (Å²) in [7, 11) is 0. The van der Waals surface area contributed by atoms with Gasteiger partial charge in [0.15, 0.2) is 6.29 Å². The first-order valence-electron chi connectivity index (χ1n) is 12.1. The Labute approximate surface area is 209 Å². The molecular weight excluding hydrogens is 469 g/mol. The van der Waals surface area contributed by atoms with Crippen molar-refractivity contribution < 1.29 is 28.6 Å². The summed E-state index contributed by atoms with van der Waals surface area (Å²) in [6.45, 7) is 4.01. The largest absolute Gasteiger partial charge is 0.395 e. The highest BCUT2D eigenvalue weighted by Crippen LogP contribution is 2.25. The Kier molecular flexibility index (Phi) is 9.15. The molecule has 194 valence electrons. The molecule has 10 nitrogen and oxygen atoms in total. The molecule has 0 radical (unpaired) electrons. The number of aliphatic hydroxyl groups excluding tert-OH is 1. The molecule has 11 heteroatoms. The molecule has 2 N–H and O–H groups in total. The summed E-state index contributed by atoms with van der Waals surface area (Å²) in [6.07, 6.45) is 5.94. The Hall–Kier alpha value is -3.15. The van der Waals surface area contributed by atoms with Gasteiger partial charge in [0.2, 0.25) is 11.9 Å². The lowest BCUT2D eigenvalue weighted by Crippen LogP contribution is -2.48. The highest BCUT2D eigenvalue weighted by Gasteiger charge is 2.25. The number of rotatable bonds is 11. The lowest BCUT2D eigenvalue weighted by atomic mass is 10.1. The second kappa shape index (κ2) is 12.7. The predicted octanol–water partition coefficient (Wildman–Crippen LogP) is 2.26. The van der Waals surface area contributed by atoms with E-state index in [1.807, 2.05) is 4.90 Å². The third-order valence-corrected chi connectivity index (χ3v) is 6.03. The normalized spacial score (nSPS) is 18.4. The first kappa shape index (κ1) is 25.9. The Morgan fingerprint density at radius 2 is 2.11 bits per heavy atom. The molecule has 36 heavy (non-hydrogen) atoms. The van der Waals surface area contributed by atoms with Crippen molar-refractivity contribution in [3.05, 3.63) is 42.0 Å². The zero-order valence-electron chi connectivity index (χ0n) is 20.4. The fraction of sp³-hybridized carbons (Fsp3) is 0.520. The van der Waals surface area contributed by atoms with Crippen LogP contribution in [0.1, 0.15) is 31.7 Å².